The first-order valence-electron chi connectivity index (χ1n) is 7.12. The highest BCUT2D eigenvalue weighted by atomic mass is 35.5. The molecule has 1 aromatic heterocycles. The predicted octanol–water partition coefficient (Wildman–Crippen LogP) is 2.55. The van der Waals surface area contributed by atoms with E-state index < -0.39 is 0 Å². The van der Waals surface area contributed by atoms with Crippen LogP contribution in [0.2, 0.25) is 5.02 Å². The van der Waals surface area contributed by atoms with Gasteiger partial charge in [0.1, 0.15) is 0 Å². The lowest BCUT2D eigenvalue weighted by Gasteiger charge is -2.04. The highest BCUT2D eigenvalue weighted by Crippen LogP contribution is 2.21. The maximum absolute atomic E-state index is 10.5. The fourth-order valence-electron chi connectivity index (χ4n) is 2.61. The Labute approximate surface area is 133 Å². The van der Waals surface area contributed by atoms with Crippen molar-refractivity contribution in [1.29, 1.82) is 0 Å². The molecule has 0 atom stereocenters. The maximum Gasteiger partial charge on any atom is 0.632 e. The fourth-order valence-corrected chi connectivity index (χ4v) is 2.74. The van der Waals surface area contributed by atoms with E-state index in [1.807, 2.05) is 55.5 Å². The Morgan fingerprint density at radius 2 is 1.64 bits per heavy atom. The monoisotopic (exact) mass is 316 g/mol. The molecule has 3 rings (SSSR count). The molecule has 4 nitrogen and oxygen atoms in total. The van der Waals surface area contributed by atoms with Gasteiger partial charge in [-0.25, -0.2) is 0 Å². The van der Waals surface area contributed by atoms with Crippen molar-refractivity contribution in [3.8, 4) is 11.9 Å². The van der Waals surface area contributed by atoms with Crippen LogP contribution in [0, 0.1) is 0 Å². The minimum atomic E-state index is 0.0219. The fraction of sp³-hybridized carbons (Fsp3) is 0.176. The molecule has 0 saturated heterocycles. The summed E-state index contributed by atoms with van der Waals surface area (Å²) in [5, 5.41) is 22.2. The van der Waals surface area contributed by atoms with Gasteiger partial charge in [-0.15, -0.1) is 0 Å². The summed E-state index contributed by atoms with van der Waals surface area (Å²) in [6, 6.07) is 15.0. The summed E-state index contributed by atoms with van der Waals surface area (Å²) in [6.07, 6.45) is 0. The van der Waals surface area contributed by atoms with Crippen LogP contribution in [0.15, 0.2) is 48.5 Å². The molecule has 0 aliphatic carbocycles. The molecule has 2 N–H and O–H groups in total. The number of fused-ring (bicyclic) bond motifs is 1. The second-order valence-electron chi connectivity index (χ2n) is 5.10. The van der Waals surface area contributed by atoms with Gasteiger partial charge in [0.2, 0.25) is 5.52 Å². The molecule has 112 valence electrons. The summed E-state index contributed by atoms with van der Waals surface area (Å²) in [6.45, 7) is 2.84. The van der Waals surface area contributed by atoms with E-state index in [9.17, 15) is 10.2 Å². The zero-order valence-corrected chi connectivity index (χ0v) is 13.0. The van der Waals surface area contributed by atoms with Crippen molar-refractivity contribution >= 4 is 22.5 Å². The standard InChI is InChI=1S/C17H15ClN2O2/c1-2-19-16(21)14-5-3-4-6-15(14)20(17(19)22)11-12-7-9-13(18)10-8-12/h3-10H,2,11H2,1H3/p+2. The lowest BCUT2D eigenvalue weighted by molar-refractivity contribution is -0.816. The Morgan fingerprint density at radius 3 is 2.32 bits per heavy atom. The molecule has 2 aromatic carbocycles. The van der Waals surface area contributed by atoms with Gasteiger partial charge in [-0.1, -0.05) is 45.0 Å². The molecule has 3 aromatic rings. The number of hydrogen-bond donors (Lipinski definition) is 2. The SMILES string of the molecule is CC[n+]1c(O)c2ccccc2[n+](Cc2ccc(Cl)cc2)c1O. The van der Waals surface area contributed by atoms with Crippen LogP contribution in [0.5, 0.6) is 11.9 Å². The van der Waals surface area contributed by atoms with Crippen LogP contribution in [0.25, 0.3) is 10.9 Å². The summed E-state index contributed by atoms with van der Waals surface area (Å²) in [4.78, 5) is 0. The topological polar surface area (TPSA) is 48.2 Å². The third-order valence-corrected chi connectivity index (χ3v) is 4.00. The smallest absolute Gasteiger partial charge is 0.459 e. The molecule has 0 saturated carbocycles. The van der Waals surface area contributed by atoms with E-state index >= 15 is 0 Å². The quantitative estimate of drug-likeness (QED) is 0.730. The lowest BCUT2D eigenvalue weighted by Crippen LogP contribution is -2.48. The molecular weight excluding hydrogens is 300 g/mol. The largest absolute Gasteiger partial charge is 0.632 e. The van der Waals surface area contributed by atoms with E-state index in [4.69, 9.17) is 11.6 Å². The summed E-state index contributed by atoms with van der Waals surface area (Å²) >= 11 is 5.92. The van der Waals surface area contributed by atoms with Crippen LogP contribution in [0.4, 0.5) is 0 Å². The summed E-state index contributed by atoms with van der Waals surface area (Å²) in [5.74, 6) is 0.0722. The van der Waals surface area contributed by atoms with Gasteiger partial charge in [-0.2, -0.15) is 0 Å². The molecular formula is C17H17ClN2O2+2. The predicted molar refractivity (Wildman–Crippen MR) is 83.9 cm³/mol. The molecule has 5 heteroatoms. The van der Waals surface area contributed by atoms with Crippen LogP contribution in [0.3, 0.4) is 0 Å². The average molecular weight is 317 g/mol. The lowest BCUT2D eigenvalue weighted by atomic mass is 10.2. The Balaban J connectivity index is 2.21. The van der Waals surface area contributed by atoms with Crippen molar-refractivity contribution in [3.63, 3.8) is 0 Å². The van der Waals surface area contributed by atoms with Crippen molar-refractivity contribution in [3.05, 3.63) is 59.1 Å². The Bertz CT molecular complexity index is 832. The molecule has 0 bridgehead atoms. The molecule has 22 heavy (non-hydrogen) atoms. The van der Waals surface area contributed by atoms with Crippen molar-refractivity contribution in [2.45, 2.75) is 20.0 Å². The molecule has 0 aliphatic rings. The van der Waals surface area contributed by atoms with Crippen molar-refractivity contribution in [1.82, 2.24) is 0 Å². The Kier molecular flexibility index (Phi) is 3.86. The first kappa shape index (κ1) is 14.6. The number of aromatic nitrogens is 2. The minimum absolute atomic E-state index is 0.0219. The summed E-state index contributed by atoms with van der Waals surface area (Å²) in [7, 11) is 0. The van der Waals surface area contributed by atoms with Gasteiger partial charge in [0, 0.05) is 16.7 Å². The second kappa shape index (κ2) is 5.81. The van der Waals surface area contributed by atoms with Gasteiger partial charge in [0.15, 0.2) is 18.5 Å². The van der Waals surface area contributed by atoms with Gasteiger partial charge < -0.3 is 10.2 Å². The van der Waals surface area contributed by atoms with Gasteiger partial charge in [-0.05, 0) is 25.1 Å². The molecule has 0 radical (unpaired) electrons. The van der Waals surface area contributed by atoms with Crippen LogP contribution < -0.4 is 9.13 Å². The van der Waals surface area contributed by atoms with Gasteiger partial charge in [-0.3, -0.25) is 0 Å². The number of nitrogens with zero attached hydrogens (tertiary/aromatic N) is 2. The number of aromatic hydroxyl groups is 2. The van der Waals surface area contributed by atoms with Crippen LogP contribution in [0.1, 0.15) is 12.5 Å². The third kappa shape index (κ3) is 2.46. The minimum Gasteiger partial charge on any atom is -0.459 e. The van der Waals surface area contributed by atoms with E-state index in [0.717, 1.165) is 11.1 Å². The van der Waals surface area contributed by atoms with E-state index in [-0.39, 0.29) is 11.9 Å². The van der Waals surface area contributed by atoms with Crippen molar-refractivity contribution in [2.24, 2.45) is 0 Å². The van der Waals surface area contributed by atoms with Crippen molar-refractivity contribution in [2.75, 3.05) is 0 Å². The molecule has 0 spiro atoms. The van der Waals surface area contributed by atoms with Gasteiger partial charge in [0.05, 0.1) is 0 Å². The van der Waals surface area contributed by atoms with Crippen LogP contribution >= 0.6 is 11.6 Å². The third-order valence-electron chi connectivity index (χ3n) is 3.74. The molecule has 0 amide bonds. The van der Waals surface area contributed by atoms with E-state index in [0.29, 0.717) is 23.5 Å². The first-order chi connectivity index (χ1) is 10.6. The van der Waals surface area contributed by atoms with Crippen molar-refractivity contribution < 1.29 is 19.3 Å². The highest BCUT2D eigenvalue weighted by Gasteiger charge is 2.32. The van der Waals surface area contributed by atoms with E-state index in [1.165, 1.54) is 4.57 Å². The summed E-state index contributed by atoms with van der Waals surface area (Å²) < 4.78 is 3.26. The van der Waals surface area contributed by atoms with E-state index in [2.05, 4.69) is 0 Å². The number of halogens is 1. The second-order valence-corrected chi connectivity index (χ2v) is 5.53. The molecule has 0 unspecified atom stereocenters. The normalized spacial score (nSPS) is 11.0. The van der Waals surface area contributed by atoms with Gasteiger partial charge >= 0.3 is 11.9 Å². The first-order valence-corrected chi connectivity index (χ1v) is 7.50. The highest BCUT2D eigenvalue weighted by molar-refractivity contribution is 6.30. The average Bonchev–Trinajstić information content (AvgIpc) is 2.54. The molecule has 1 heterocycles. The maximum atomic E-state index is 10.5. The summed E-state index contributed by atoms with van der Waals surface area (Å²) in [5.41, 5.74) is 1.79. The van der Waals surface area contributed by atoms with Crippen LogP contribution in [-0.4, -0.2) is 10.2 Å². The van der Waals surface area contributed by atoms with Gasteiger partial charge in [0.25, 0.3) is 0 Å². The zero-order valence-electron chi connectivity index (χ0n) is 12.2. The van der Waals surface area contributed by atoms with E-state index in [1.54, 1.807) is 4.57 Å². The van der Waals surface area contributed by atoms with Crippen LogP contribution in [-0.2, 0) is 13.1 Å². The number of para-hydroxylation sites is 1. The Hall–Kier alpha value is -2.33. The number of benzene rings is 2. The molecule has 0 aliphatic heterocycles. The number of hydrogen-bond acceptors (Lipinski definition) is 2. The Morgan fingerprint density at radius 1 is 0.955 bits per heavy atom. The zero-order chi connectivity index (χ0) is 15.7. The molecule has 0 fully saturated rings. The number of rotatable bonds is 3.